The third-order valence-electron chi connectivity index (χ3n) is 17.9. The van der Waals surface area contributed by atoms with Crippen LogP contribution in [0.4, 0.5) is 11.4 Å². The molecule has 4 aromatic carbocycles. The van der Waals surface area contributed by atoms with Gasteiger partial charge in [0.15, 0.2) is 5.71 Å². The van der Waals surface area contributed by atoms with E-state index in [-0.39, 0.29) is 26.7 Å². The zero-order valence-corrected chi connectivity index (χ0v) is 52.9. The number of anilines is 1. The van der Waals surface area contributed by atoms with Gasteiger partial charge in [-0.2, -0.15) is 21.4 Å². The van der Waals surface area contributed by atoms with Crippen molar-refractivity contribution >= 4 is 37.3 Å². The molecule has 6 rings (SSSR count). The zero-order chi connectivity index (χ0) is 58.3. The van der Waals surface area contributed by atoms with Crippen LogP contribution in [0, 0.1) is 0 Å². The maximum Gasteiger partial charge on any atom is 0.294 e. The molecule has 81 heavy (non-hydrogen) atoms. The van der Waals surface area contributed by atoms with Gasteiger partial charge in [-0.1, -0.05) is 262 Å². The van der Waals surface area contributed by atoms with Crippen LogP contribution in [-0.2, 0) is 31.1 Å². The number of hydrogen-bond donors (Lipinski definition) is 2. The summed E-state index contributed by atoms with van der Waals surface area (Å²) in [6, 6.07) is 26.5. The lowest BCUT2D eigenvalue weighted by Crippen LogP contribution is -2.33. The summed E-state index contributed by atoms with van der Waals surface area (Å²) in [7, 11) is -8.61. The number of fused-ring (bicyclic) bond motifs is 2. The monoisotopic (exact) mass is 1150 g/mol. The molecule has 0 fully saturated rings. The van der Waals surface area contributed by atoms with E-state index in [2.05, 4.69) is 113 Å². The Morgan fingerprint density at radius 1 is 0.469 bits per heavy atom. The van der Waals surface area contributed by atoms with E-state index in [4.69, 9.17) is 0 Å². The van der Waals surface area contributed by atoms with E-state index in [1.54, 1.807) is 24.3 Å². The fourth-order valence-corrected chi connectivity index (χ4v) is 13.8. The summed E-state index contributed by atoms with van der Waals surface area (Å²) < 4.78 is 69.7. The molecule has 0 radical (unpaired) electrons. The first-order valence-corrected chi connectivity index (χ1v) is 35.1. The Labute approximate surface area is 492 Å². The Hall–Kier alpha value is -4.35. The van der Waals surface area contributed by atoms with E-state index < -0.39 is 20.2 Å². The molecule has 0 aliphatic carbocycles. The zero-order valence-electron chi connectivity index (χ0n) is 51.3. The Balaban J connectivity index is 1.20. The second kappa shape index (κ2) is 32.6. The summed E-state index contributed by atoms with van der Waals surface area (Å²) in [5, 5.41) is 0. The fraction of sp³-hybridized carbons (Fsp3) is 0.592. The van der Waals surface area contributed by atoms with E-state index in [9.17, 15) is 25.9 Å². The second-order valence-electron chi connectivity index (χ2n) is 25.1. The van der Waals surface area contributed by atoms with Crippen molar-refractivity contribution in [2.45, 2.75) is 274 Å². The summed E-state index contributed by atoms with van der Waals surface area (Å²) in [6.45, 7) is 17.2. The Bertz CT molecular complexity index is 2880. The van der Waals surface area contributed by atoms with E-state index in [0.29, 0.717) is 0 Å². The number of allylic oxidation sites excluding steroid dienone is 4. The van der Waals surface area contributed by atoms with Crippen molar-refractivity contribution in [3.63, 3.8) is 0 Å². The highest BCUT2D eigenvalue weighted by molar-refractivity contribution is 7.86. The number of unbranched alkanes of at least 4 members (excludes halogenated alkanes) is 28. The molecule has 2 aliphatic heterocycles. The standard InChI is InChI=1S/C71H104N2O6S2/c1-8-10-12-14-16-18-20-22-24-25-27-29-31-33-35-37-54-72-66-55-60(58-42-48-62(49-43-58)80(74,75)76)46-52-64(66)70(4,5)68(72)40-38-41-69-71(6,7)65-53-47-61(59-44-50-63(51-45-59)81(77,78)79)56-67(65)73(69)57(3)39-36-34-32-30-28-26-23-21-19-17-15-13-11-9-2/h38,40-53,55-57H,8-37,39,54H2,1-7H3,(H-,74,75,76,77,78,79)/p+1. The van der Waals surface area contributed by atoms with Crippen LogP contribution in [0.3, 0.4) is 0 Å². The average Bonchev–Trinajstić information content (AvgIpc) is 2.64. The summed E-state index contributed by atoms with van der Waals surface area (Å²) in [4.78, 5) is 2.35. The molecule has 446 valence electrons. The topological polar surface area (TPSA) is 115 Å². The Morgan fingerprint density at radius 2 is 0.840 bits per heavy atom. The second-order valence-corrected chi connectivity index (χ2v) is 27.9. The van der Waals surface area contributed by atoms with Crippen LogP contribution in [0.1, 0.15) is 259 Å². The van der Waals surface area contributed by atoms with Crippen LogP contribution in [0.5, 0.6) is 0 Å². The van der Waals surface area contributed by atoms with Gasteiger partial charge >= 0.3 is 0 Å². The van der Waals surface area contributed by atoms with Crippen molar-refractivity contribution < 1.29 is 30.5 Å². The van der Waals surface area contributed by atoms with E-state index in [1.165, 1.54) is 238 Å². The summed E-state index contributed by atoms with van der Waals surface area (Å²) in [6.07, 6.45) is 47.9. The molecule has 0 aromatic heterocycles. The number of rotatable bonds is 39. The van der Waals surface area contributed by atoms with E-state index in [1.807, 2.05) is 0 Å². The van der Waals surface area contributed by atoms with Crippen molar-refractivity contribution in [2.24, 2.45) is 0 Å². The molecule has 2 N–H and O–H groups in total. The highest BCUT2D eigenvalue weighted by Gasteiger charge is 2.45. The molecule has 10 heteroatoms. The van der Waals surface area contributed by atoms with Crippen LogP contribution >= 0.6 is 0 Å². The van der Waals surface area contributed by atoms with Gasteiger partial charge in [0, 0.05) is 47.0 Å². The molecule has 2 heterocycles. The Morgan fingerprint density at radius 3 is 1.26 bits per heavy atom. The largest absolute Gasteiger partial charge is 0.341 e. The quantitative estimate of drug-likeness (QED) is 0.0260. The first-order valence-electron chi connectivity index (χ1n) is 32.2. The number of nitrogens with zero attached hydrogens (tertiary/aromatic N) is 2. The van der Waals surface area contributed by atoms with Crippen molar-refractivity contribution in [3.05, 3.63) is 120 Å². The lowest BCUT2D eigenvalue weighted by molar-refractivity contribution is -0.438. The van der Waals surface area contributed by atoms with E-state index >= 15 is 0 Å². The minimum atomic E-state index is -4.31. The molecule has 4 aromatic rings. The molecular formula is C71H105N2O6S2+. The van der Waals surface area contributed by atoms with Gasteiger partial charge < -0.3 is 4.90 Å². The molecular weight excluding hydrogens is 1040 g/mol. The minimum absolute atomic E-state index is 0.113. The van der Waals surface area contributed by atoms with Crippen LogP contribution in [0.15, 0.2) is 119 Å². The normalized spacial score (nSPS) is 15.8. The molecule has 0 amide bonds. The fourth-order valence-electron chi connectivity index (χ4n) is 12.8. The molecule has 0 saturated carbocycles. The van der Waals surface area contributed by atoms with Gasteiger partial charge in [0.05, 0.1) is 15.2 Å². The van der Waals surface area contributed by atoms with Crippen LogP contribution < -0.4 is 4.90 Å². The molecule has 1 unspecified atom stereocenters. The molecule has 0 spiro atoms. The third-order valence-corrected chi connectivity index (χ3v) is 19.6. The lowest BCUT2D eigenvalue weighted by atomic mass is 9.80. The molecule has 2 aliphatic rings. The van der Waals surface area contributed by atoms with E-state index in [0.717, 1.165) is 48.1 Å². The minimum Gasteiger partial charge on any atom is -0.341 e. The van der Waals surface area contributed by atoms with Crippen LogP contribution in [-0.4, -0.2) is 48.8 Å². The highest BCUT2D eigenvalue weighted by Crippen LogP contribution is 2.51. The van der Waals surface area contributed by atoms with Crippen molar-refractivity contribution in [1.29, 1.82) is 0 Å². The third kappa shape index (κ3) is 19.3. The van der Waals surface area contributed by atoms with Gasteiger partial charge in [-0.15, -0.1) is 0 Å². The lowest BCUT2D eigenvalue weighted by Gasteiger charge is -2.32. The van der Waals surface area contributed by atoms with Gasteiger partial charge in [0.2, 0.25) is 5.69 Å². The van der Waals surface area contributed by atoms with Crippen molar-refractivity contribution in [2.75, 3.05) is 11.4 Å². The van der Waals surface area contributed by atoms with Gasteiger partial charge in [-0.25, -0.2) is 0 Å². The number of benzene rings is 4. The van der Waals surface area contributed by atoms with Crippen molar-refractivity contribution in [1.82, 2.24) is 0 Å². The maximum absolute atomic E-state index is 12.0. The smallest absolute Gasteiger partial charge is 0.294 e. The molecule has 8 nitrogen and oxygen atoms in total. The molecule has 0 saturated heterocycles. The maximum atomic E-state index is 12.0. The van der Waals surface area contributed by atoms with Crippen LogP contribution in [0.25, 0.3) is 22.3 Å². The SMILES string of the molecule is CCCCCCCCCCCCCCCCCC[N+]1=C(C=CC=C2N(C(C)CCCCCCCCCCCCCCCC)c3cc(-c4ccc(S(=O)(=O)O)cc4)ccc3C2(C)C)C(C)(C)c2ccc(-c3ccc(S(=O)(=O)O)cc3)cc21. The van der Waals surface area contributed by atoms with Gasteiger partial charge in [-0.3, -0.25) is 9.11 Å². The average molecular weight is 1150 g/mol. The van der Waals surface area contributed by atoms with Gasteiger partial charge in [-0.05, 0) is 97.8 Å². The van der Waals surface area contributed by atoms with Gasteiger partial charge in [0.25, 0.3) is 20.2 Å². The summed E-state index contributed by atoms with van der Waals surface area (Å²) >= 11 is 0. The first-order chi connectivity index (χ1) is 38.9. The Kier molecular flexibility index (Phi) is 26.5. The summed E-state index contributed by atoms with van der Waals surface area (Å²) in [5.41, 5.74) is 10.6. The number of hydrogen-bond acceptors (Lipinski definition) is 5. The van der Waals surface area contributed by atoms with Crippen molar-refractivity contribution in [3.8, 4) is 22.3 Å². The van der Waals surface area contributed by atoms with Gasteiger partial charge in [0.1, 0.15) is 6.54 Å². The first kappa shape index (κ1) is 65.8. The highest BCUT2D eigenvalue weighted by atomic mass is 32.2. The predicted molar refractivity (Wildman–Crippen MR) is 343 cm³/mol. The molecule has 1 atom stereocenters. The predicted octanol–water partition coefficient (Wildman–Crippen LogP) is 20.6. The molecule has 0 bridgehead atoms. The van der Waals surface area contributed by atoms with Crippen LogP contribution in [0.2, 0.25) is 0 Å². The summed E-state index contributed by atoms with van der Waals surface area (Å²) in [5.74, 6) is 0.